The highest BCUT2D eigenvalue weighted by atomic mass is 79.9. The normalized spacial score (nSPS) is 11.4. The lowest BCUT2D eigenvalue weighted by Crippen LogP contribution is -2.30. The number of nitrogens with zero attached hydrogens (tertiary/aromatic N) is 3. The molecule has 30 heavy (non-hydrogen) atoms. The molecule has 0 N–H and O–H groups in total. The first-order valence-corrected chi connectivity index (χ1v) is 11.0. The van der Waals surface area contributed by atoms with Crippen LogP contribution in [-0.4, -0.2) is 25.7 Å². The van der Waals surface area contributed by atoms with Gasteiger partial charge in [0.2, 0.25) is 5.89 Å². The molecule has 0 saturated heterocycles. The number of methoxy groups -OCH3 is 1. The van der Waals surface area contributed by atoms with E-state index in [1.807, 2.05) is 0 Å². The fourth-order valence-electron chi connectivity index (χ4n) is 2.75. The van der Waals surface area contributed by atoms with E-state index in [1.54, 1.807) is 61.7 Å². The predicted octanol–water partition coefficient (Wildman–Crippen LogP) is 4.50. The van der Waals surface area contributed by atoms with Gasteiger partial charge in [0.15, 0.2) is 10.4 Å². The number of ether oxygens (including phenoxy) is 1. The van der Waals surface area contributed by atoms with Gasteiger partial charge in [0.25, 0.3) is 15.9 Å². The van der Waals surface area contributed by atoms with Crippen LogP contribution in [0.3, 0.4) is 0 Å². The smallest absolute Gasteiger partial charge is 0.283 e. The Balaban J connectivity index is 1.71. The van der Waals surface area contributed by atoms with Crippen molar-refractivity contribution in [2.24, 2.45) is 0 Å². The van der Waals surface area contributed by atoms with Crippen LogP contribution in [0.5, 0.6) is 5.75 Å². The molecule has 0 unspecified atom stereocenters. The molecule has 10 heteroatoms. The van der Waals surface area contributed by atoms with E-state index in [0.29, 0.717) is 21.9 Å². The van der Waals surface area contributed by atoms with E-state index >= 15 is 0 Å². The highest BCUT2D eigenvalue weighted by molar-refractivity contribution is 9.10. The molecule has 0 bridgehead atoms. The highest BCUT2D eigenvalue weighted by Crippen LogP contribution is 2.29. The van der Waals surface area contributed by atoms with Crippen molar-refractivity contribution in [3.05, 3.63) is 77.3 Å². The topological polar surface area (TPSA) is 98.7 Å². The van der Waals surface area contributed by atoms with E-state index in [2.05, 4.69) is 26.1 Å². The van der Waals surface area contributed by atoms with Crippen LogP contribution in [-0.2, 0) is 16.6 Å². The summed E-state index contributed by atoms with van der Waals surface area (Å²) in [6, 6.07) is 18.2. The van der Waals surface area contributed by atoms with Gasteiger partial charge in [0, 0.05) is 0 Å². The van der Waals surface area contributed by atoms with Crippen LogP contribution >= 0.6 is 15.9 Å². The molecule has 0 fully saturated rings. The number of hydrogen-bond donors (Lipinski definition) is 0. The summed E-state index contributed by atoms with van der Waals surface area (Å²) in [5, 5.41) is 7.94. The third kappa shape index (κ3) is 4.10. The zero-order chi connectivity index (χ0) is 21.1. The van der Waals surface area contributed by atoms with Crippen molar-refractivity contribution in [1.82, 2.24) is 10.2 Å². The molecule has 0 radical (unpaired) electrons. The summed E-state index contributed by atoms with van der Waals surface area (Å²) in [6.45, 7) is -0.154. The lowest BCUT2D eigenvalue weighted by atomic mass is 10.3. The van der Waals surface area contributed by atoms with Gasteiger partial charge in [0.05, 0.1) is 17.7 Å². The van der Waals surface area contributed by atoms with Crippen LogP contribution in [0.2, 0.25) is 0 Å². The Morgan fingerprint density at radius 1 is 0.967 bits per heavy atom. The Morgan fingerprint density at radius 2 is 1.70 bits per heavy atom. The van der Waals surface area contributed by atoms with E-state index < -0.39 is 10.0 Å². The number of hydrogen-bond acceptors (Lipinski definition) is 7. The van der Waals surface area contributed by atoms with Gasteiger partial charge in [-0.1, -0.05) is 18.2 Å². The van der Waals surface area contributed by atoms with Crippen molar-refractivity contribution >= 4 is 31.6 Å². The first-order chi connectivity index (χ1) is 14.5. The van der Waals surface area contributed by atoms with Crippen LogP contribution in [0, 0.1) is 0 Å². The Kier molecular flexibility index (Phi) is 5.60. The van der Waals surface area contributed by atoms with Gasteiger partial charge >= 0.3 is 0 Å². The van der Waals surface area contributed by atoms with E-state index in [9.17, 15) is 8.42 Å². The summed E-state index contributed by atoms with van der Waals surface area (Å²) in [7, 11) is -2.35. The van der Waals surface area contributed by atoms with E-state index in [1.165, 1.54) is 16.4 Å². The molecule has 2 aromatic heterocycles. The SMILES string of the molecule is COc1ccc(N(Cc2nnc(-c3ccc(Br)o3)o2)S(=O)(=O)c2ccccc2)cc1. The van der Waals surface area contributed by atoms with Crippen molar-refractivity contribution in [3.8, 4) is 17.4 Å². The number of rotatable bonds is 7. The summed E-state index contributed by atoms with van der Waals surface area (Å²) in [6.07, 6.45) is 0. The molecule has 2 heterocycles. The summed E-state index contributed by atoms with van der Waals surface area (Å²) < 4.78 is 44.6. The number of sulfonamides is 1. The second kappa shape index (κ2) is 8.33. The van der Waals surface area contributed by atoms with Gasteiger partial charge in [0.1, 0.15) is 12.3 Å². The van der Waals surface area contributed by atoms with Gasteiger partial charge in [-0.2, -0.15) is 0 Å². The molecule has 0 aliphatic rings. The third-order valence-electron chi connectivity index (χ3n) is 4.22. The van der Waals surface area contributed by atoms with Crippen molar-refractivity contribution in [1.29, 1.82) is 0 Å². The molecule has 0 aliphatic carbocycles. The molecule has 0 aliphatic heterocycles. The van der Waals surface area contributed by atoms with Crippen LogP contribution < -0.4 is 9.04 Å². The molecule has 154 valence electrons. The molecule has 2 aromatic carbocycles. The lowest BCUT2D eigenvalue weighted by Gasteiger charge is -2.23. The molecule has 0 atom stereocenters. The molecule has 0 amide bonds. The van der Waals surface area contributed by atoms with Crippen molar-refractivity contribution < 1.29 is 22.0 Å². The van der Waals surface area contributed by atoms with Crippen molar-refractivity contribution in [2.45, 2.75) is 11.4 Å². The fraction of sp³-hybridized carbons (Fsp3) is 0.100. The van der Waals surface area contributed by atoms with Crippen LogP contribution in [0.1, 0.15) is 5.89 Å². The number of furan rings is 1. The fourth-order valence-corrected chi connectivity index (χ4v) is 4.49. The summed E-state index contributed by atoms with van der Waals surface area (Å²) in [5.74, 6) is 1.26. The van der Waals surface area contributed by atoms with Gasteiger partial charge in [-0.3, -0.25) is 4.31 Å². The molecule has 0 spiro atoms. The van der Waals surface area contributed by atoms with E-state index in [4.69, 9.17) is 13.6 Å². The third-order valence-corrected chi connectivity index (χ3v) is 6.44. The minimum absolute atomic E-state index is 0.118. The summed E-state index contributed by atoms with van der Waals surface area (Å²) in [5.41, 5.74) is 0.431. The molecule has 4 aromatic rings. The standard InChI is InChI=1S/C20H16BrN3O5S/c1-27-15-9-7-14(8-10-15)24(30(25,26)16-5-3-2-4-6-16)13-19-22-23-20(29-19)17-11-12-18(21)28-17/h2-12H,13H2,1H3. The monoisotopic (exact) mass is 489 g/mol. The number of aromatic nitrogens is 2. The highest BCUT2D eigenvalue weighted by Gasteiger charge is 2.27. The van der Waals surface area contributed by atoms with Gasteiger partial charge in [-0.05, 0) is 64.5 Å². The Hall–Kier alpha value is -3.11. The molecular formula is C20H16BrN3O5S. The first kappa shape index (κ1) is 20.2. The second-order valence-corrected chi connectivity index (χ2v) is 8.77. The Bertz CT molecular complexity index is 1240. The second-order valence-electron chi connectivity index (χ2n) is 6.13. The summed E-state index contributed by atoms with van der Waals surface area (Å²) >= 11 is 3.22. The minimum Gasteiger partial charge on any atom is -0.497 e. The number of halogens is 1. The molecular weight excluding hydrogens is 474 g/mol. The van der Waals surface area contributed by atoms with Crippen LogP contribution in [0.25, 0.3) is 11.7 Å². The summed E-state index contributed by atoms with van der Waals surface area (Å²) in [4.78, 5) is 0.149. The van der Waals surface area contributed by atoms with Gasteiger partial charge in [-0.25, -0.2) is 8.42 Å². The largest absolute Gasteiger partial charge is 0.497 e. The van der Waals surface area contributed by atoms with Gasteiger partial charge < -0.3 is 13.6 Å². The van der Waals surface area contributed by atoms with Crippen molar-refractivity contribution in [3.63, 3.8) is 0 Å². The van der Waals surface area contributed by atoms with E-state index in [-0.39, 0.29) is 23.2 Å². The maximum Gasteiger partial charge on any atom is 0.283 e. The quantitative estimate of drug-likeness (QED) is 0.376. The predicted molar refractivity (Wildman–Crippen MR) is 113 cm³/mol. The van der Waals surface area contributed by atoms with Crippen LogP contribution in [0.15, 0.2) is 85.1 Å². The van der Waals surface area contributed by atoms with Crippen molar-refractivity contribution in [2.75, 3.05) is 11.4 Å². The average molecular weight is 490 g/mol. The molecule has 0 saturated carbocycles. The van der Waals surface area contributed by atoms with E-state index in [0.717, 1.165) is 0 Å². The van der Waals surface area contributed by atoms with Crippen LogP contribution in [0.4, 0.5) is 5.69 Å². The number of anilines is 1. The number of benzene rings is 2. The minimum atomic E-state index is -3.89. The maximum atomic E-state index is 13.4. The average Bonchev–Trinajstić information content (AvgIpc) is 3.41. The molecule has 4 rings (SSSR count). The Labute approximate surface area is 181 Å². The first-order valence-electron chi connectivity index (χ1n) is 8.77. The molecule has 8 nitrogen and oxygen atoms in total. The zero-order valence-corrected chi connectivity index (χ0v) is 18.1. The van der Waals surface area contributed by atoms with Gasteiger partial charge in [-0.15, -0.1) is 10.2 Å². The Morgan fingerprint density at radius 3 is 2.33 bits per heavy atom. The lowest BCUT2D eigenvalue weighted by molar-refractivity contribution is 0.415. The zero-order valence-electron chi connectivity index (χ0n) is 15.7. The maximum absolute atomic E-state index is 13.4.